The summed E-state index contributed by atoms with van der Waals surface area (Å²) in [7, 11) is 0. The third kappa shape index (κ3) is 3.10. The van der Waals surface area contributed by atoms with Crippen LogP contribution in [0, 0.1) is 13.8 Å². The number of nitrogens with zero attached hydrogens (tertiary/aromatic N) is 3. The average molecular weight is 385 g/mol. The molecule has 2 N–H and O–H groups in total. The van der Waals surface area contributed by atoms with E-state index in [1.807, 2.05) is 6.92 Å². The zero-order chi connectivity index (χ0) is 19.9. The van der Waals surface area contributed by atoms with Crippen LogP contribution in [0.25, 0.3) is 6.08 Å². The van der Waals surface area contributed by atoms with Gasteiger partial charge < -0.3 is 27.9 Å². The van der Waals surface area contributed by atoms with E-state index < -0.39 is 6.97 Å². The Morgan fingerprint density at radius 3 is 2.89 bits per heavy atom. The minimum atomic E-state index is -3.98. The van der Waals surface area contributed by atoms with Gasteiger partial charge in [-0.1, -0.05) is 0 Å². The lowest BCUT2D eigenvalue weighted by Crippen LogP contribution is -2.50. The van der Waals surface area contributed by atoms with E-state index in [1.165, 1.54) is 0 Å². The fourth-order valence-corrected chi connectivity index (χ4v) is 3.98. The molecule has 28 heavy (non-hydrogen) atoms. The van der Waals surface area contributed by atoms with Gasteiger partial charge in [0.05, 0.1) is 6.33 Å². The number of fused-ring (bicyclic) bond motifs is 2. The minimum absolute atomic E-state index is 0.153. The number of halogens is 2. The van der Waals surface area contributed by atoms with Crippen LogP contribution in [-0.2, 0) is 11.2 Å². The summed E-state index contributed by atoms with van der Waals surface area (Å²) in [5.74, 6) is -0.153. The highest BCUT2D eigenvalue weighted by Crippen LogP contribution is 2.34. The van der Waals surface area contributed by atoms with Crippen molar-refractivity contribution in [3.63, 3.8) is 0 Å². The van der Waals surface area contributed by atoms with E-state index in [9.17, 15) is 4.79 Å². The summed E-state index contributed by atoms with van der Waals surface area (Å²) < 4.78 is 32.8. The quantitative estimate of drug-likeness (QED) is 0.751. The lowest BCUT2D eigenvalue weighted by Gasteiger charge is -2.30. The molecule has 2 aromatic heterocycles. The van der Waals surface area contributed by atoms with Crippen molar-refractivity contribution in [1.82, 2.24) is 19.8 Å². The predicted octanol–water partition coefficient (Wildman–Crippen LogP) is 2.57. The van der Waals surface area contributed by atoms with Crippen molar-refractivity contribution >= 4 is 24.7 Å². The van der Waals surface area contributed by atoms with Gasteiger partial charge in [0.1, 0.15) is 5.71 Å². The maximum atomic E-state index is 15.3. The smallest absolute Gasteiger partial charge is 0.394 e. The first kappa shape index (κ1) is 18.4. The van der Waals surface area contributed by atoms with Crippen molar-refractivity contribution in [1.29, 1.82) is 0 Å². The molecule has 0 aromatic carbocycles. The number of H-pyrrole nitrogens is 1. The number of imidazole rings is 1. The molecule has 0 aliphatic carbocycles. The van der Waals surface area contributed by atoms with E-state index in [0.29, 0.717) is 35.8 Å². The van der Waals surface area contributed by atoms with Crippen molar-refractivity contribution in [2.24, 2.45) is 0 Å². The number of rotatable bonds is 6. The van der Waals surface area contributed by atoms with E-state index in [1.54, 1.807) is 43.7 Å². The Labute approximate surface area is 161 Å². The van der Waals surface area contributed by atoms with Crippen LogP contribution < -0.4 is 5.32 Å². The Kier molecular flexibility index (Phi) is 4.53. The Bertz CT molecular complexity index is 1020. The molecule has 1 amide bonds. The number of aromatic amines is 1. The van der Waals surface area contributed by atoms with E-state index in [-0.39, 0.29) is 18.7 Å². The fraction of sp³-hybridized carbons (Fsp3) is 0.316. The number of carbonyl (C=O) groups excluding carboxylic acids is 1. The lowest BCUT2D eigenvalue weighted by molar-refractivity contribution is -0.362. The molecule has 0 unspecified atom stereocenters. The number of carbonyl (C=O) groups is 1. The highest BCUT2D eigenvalue weighted by molar-refractivity contribution is 6.58. The predicted molar refractivity (Wildman–Crippen MR) is 104 cm³/mol. The van der Waals surface area contributed by atoms with Crippen LogP contribution in [0.2, 0.25) is 0 Å². The van der Waals surface area contributed by atoms with Gasteiger partial charge in [0.2, 0.25) is 5.91 Å². The molecule has 0 saturated carbocycles. The van der Waals surface area contributed by atoms with Crippen LogP contribution in [0.4, 0.5) is 8.63 Å². The van der Waals surface area contributed by atoms with Crippen molar-refractivity contribution in [3.05, 3.63) is 59.1 Å². The largest absolute Gasteiger partial charge is 0.737 e. The molecule has 146 valence electrons. The zero-order valence-electron chi connectivity index (χ0n) is 15.9. The first-order valence-electron chi connectivity index (χ1n) is 9.37. The van der Waals surface area contributed by atoms with Crippen LogP contribution in [0.5, 0.6) is 0 Å². The molecule has 2 aliphatic rings. The van der Waals surface area contributed by atoms with Gasteiger partial charge in [-0.2, -0.15) is 0 Å². The maximum Gasteiger partial charge on any atom is 0.737 e. The van der Waals surface area contributed by atoms with Crippen molar-refractivity contribution < 1.29 is 17.9 Å². The van der Waals surface area contributed by atoms with Gasteiger partial charge in [-0.15, -0.1) is 0 Å². The SMILES string of the molecule is Cc1cc(C)n2c1C=C1C=CC(CCC(=O)NCCc3cnc[nH]3)=[N+]1[B-]2(F)F. The van der Waals surface area contributed by atoms with E-state index in [0.717, 1.165) is 20.2 Å². The van der Waals surface area contributed by atoms with Crippen molar-refractivity contribution in [2.45, 2.75) is 33.1 Å². The molecule has 0 saturated heterocycles. The van der Waals surface area contributed by atoms with E-state index >= 15 is 8.63 Å². The second-order valence-electron chi connectivity index (χ2n) is 7.25. The molecule has 6 nitrogen and oxygen atoms in total. The number of hydrogen-bond donors (Lipinski definition) is 2. The Hall–Kier alpha value is -2.97. The summed E-state index contributed by atoms with van der Waals surface area (Å²) in [4.78, 5) is 19.0. The Morgan fingerprint density at radius 1 is 1.32 bits per heavy atom. The van der Waals surface area contributed by atoms with Gasteiger partial charge in [0.15, 0.2) is 5.70 Å². The summed E-state index contributed by atoms with van der Waals surface area (Å²) in [6, 6.07) is 1.78. The summed E-state index contributed by atoms with van der Waals surface area (Å²) in [5.41, 5.74) is 3.81. The first-order chi connectivity index (χ1) is 13.4. The molecule has 0 spiro atoms. The number of allylic oxidation sites excluding steroid dienone is 2. The number of hydrogen-bond acceptors (Lipinski definition) is 2. The minimum Gasteiger partial charge on any atom is -0.394 e. The van der Waals surface area contributed by atoms with Crippen LogP contribution in [0.1, 0.15) is 35.5 Å². The highest BCUT2D eigenvalue weighted by Gasteiger charge is 2.52. The standard InChI is InChI=1S/C19H22BF2N5O/c1-13-9-14(2)26-18(13)10-17-4-3-16(27(17)20(26,21)22)5-6-19(28)24-8-7-15-11-23-12-25-15/h3-4,9-12H,5-8H2,1-2H3,(H,23,25)(H,24,28). The van der Waals surface area contributed by atoms with Gasteiger partial charge >= 0.3 is 6.97 Å². The van der Waals surface area contributed by atoms with Crippen LogP contribution in [0.15, 0.2) is 36.4 Å². The molecule has 2 aromatic rings. The molecular formula is C19H22BF2N5O. The van der Waals surface area contributed by atoms with Gasteiger partial charge in [-0.25, -0.2) is 4.98 Å². The number of nitrogens with one attached hydrogen (secondary N) is 2. The average Bonchev–Trinajstić information content (AvgIpc) is 3.34. The summed E-state index contributed by atoms with van der Waals surface area (Å²) in [6.45, 7) is 0.0407. The fourth-order valence-electron chi connectivity index (χ4n) is 3.98. The van der Waals surface area contributed by atoms with Crippen molar-refractivity contribution in [2.75, 3.05) is 6.54 Å². The Balaban J connectivity index is 1.45. The van der Waals surface area contributed by atoms with Gasteiger partial charge in [-0.3, -0.25) is 4.79 Å². The molecular weight excluding hydrogens is 363 g/mol. The monoisotopic (exact) mass is 385 g/mol. The normalized spacial score (nSPS) is 16.8. The van der Waals surface area contributed by atoms with Gasteiger partial charge in [0, 0.05) is 61.6 Å². The second-order valence-corrected chi connectivity index (χ2v) is 7.25. The third-order valence-electron chi connectivity index (χ3n) is 5.29. The molecule has 0 atom stereocenters. The summed E-state index contributed by atoms with van der Waals surface area (Å²) in [5, 5.41) is 2.82. The first-order valence-corrected chi connectivity index (χ1v) is 9.37. The summed E-state index contributed by atoms with van der Waals surface area (Å²) in [6.07, 6.45) is 9.55. The summed E-state index contributed by atoms with van der Waals surface area (Å²) >= 11 is 0. The molecule has 0 fully saturated rings. The molecule has 9 heteroatoms. The van der Waals surface area contributed by atoms with Crippen LogP contribution >= 0.6 is 0 Å². The lowest BCUT2D eigenvalue weighted by atomic mass is 9.90. The molecule has 2 aliphatic heterocycles. The number of aromatic nitrogens is 3. The highest BCUT2D eigenvalue weighted by atomic mass is 19.2. The molecule has 0 radical (unpaired) electrons. The Morgan fingerprint density at radius 2 is 2.14 bits per heavy atom. The van der Waals surface area contributed by atoms with Crippen LogP contribution in [-0.4, -0.2) is 44.1 Å². The van der Waals surface area contributed by atoms with E-state index in [2.05, 4.69) is 15.3 Å². The zero-order valence-corrected chi connectivity index (χ0v) is 15.9. The molecule has 4 rings (SSSR count). The van der Waals surface area contributed by atoms with Gasteiger partial charge in [-0.05, 0) is 31.2 Å². The number of aryl methyl sites for hydroxylation is 2. The maximum absolute atomic E-state index is 15.3. The number of amides is 1. The van der Waals surface area contributed by atoms with Crippen molar-refractivity contribution in [3.8, 4) is 0 Å². The topological polar surface area (TPSA) is 65.7 Å². The van der Waals surface area contributed by atoms with Crippen LogP contribution in [0.3, 0.4) is 0 Å². The van der Waals surface area contributed by atoms with E-state index in [4.69, 9.17) is 0 Å². The molecule has 4 heterocycles. The molecule has 0 bridgehead atoms. The van der Waals surface area contributed by atoms with Gasteiger partial charge in [0.25, 0.3) is 0 Å². The second kappa shape index (κ2) is 6.89. The third-order valence-corrected chi connectivity index (χ3v) is 5.29.